The minimum atomic E-state index is -4.55. The molecule has 11 heteroatoms. The molecule has 0 atom stereocenters. The van der Waals surface area contributed by atoms with Crippen LogP contribution in [0.15, 0.2) is 36.9 Å². The van der Waals surface area contributed by atoms with Crippen LogP contribution in [0, 0.1) is 0 Å². The van der Waals surface area contributed by atoms with E-state index >= 15 is 0 Å². The molecular weight excluding hydrogens is 435 g/mol. The van der Waals surface area contributed by atoms with Crippen LogP contribution in [0.2, 0.25) is 0 Å². The molecule has 2 amide bonds. The maximum Gasteiger partial charge on any atom is 0.416 e. The Hall–Kier alpha value is -2.40. The zero-order chi connectivity index (χ0) is 23.2. The number of likely N-dealkylation sites (tertiary alicyclic amines) is 1. The number of sulfonamides is 1. The van der Waals surface area contributed by atoms with Crippen molar-refractivity contribution in [3.63, 3.8) is 0 Å². The van der Waals surface area contributed by atoms with Crippen LogP contribution in [-0.4, -0.2) is 67.9 Å². The molecule has 0 radical (unpaired) electrons. The quantitative estimate of drug-likeness (QED) is 0.475. The van der Waals surface area contributed by atoms with Crippen molar-refractivity contribution >= 4 is 21.8 Å². The third kappa shape index (κ3) is 6.54. The number of carbonyl (C=O) groups is 2. The van der Waals surface area contributed by atoms with Gasteiger partial charge in [-0.2, -0.15) is 13.2 Å². The number of piperidine rings is 1. The summed E-state index contributed by atoms with van der Waals surface area (Å²) < 4.78 is 65.4. The number of benzene rings is 1. The number of carbonyl (C=O) groups excluding carboxylic acids is 2. The highest BCUT2D eigenvalue weighted by Crippen LogP contribution is 2.30. The molecule has 2 rings (SSSR count). The van der Waals surface area contributed by atoms with Crippen molar-refractivity contribution in [3.05, 3.63) is 48.0 Å². The topological polar surface area (TPSA) is 86.8 Å². The van der Waals surface area contributed by atoms with Gasteiger partial charge < -0.3 is 10.2 Å². The van der Waals surface area contributed by atoms with Crippen molar-refractivity contribution in [3.8, 4) is 0 Å². The maximum absolute atomic E-state index is 12.9. The van der Waals surface area contributed by atoms with Gasteiger partial charge in [-0.3, -0.25) is 9.59 Å². The fraction of sp³-hybridized carbons (Fsp3) is 0.500. The molecule has 1 aromatic rings. The van der Waals surface area contributed by atoms with E-state index < -0.39 is 32.9 Å². The molecule has 0 unspecified atom stereocenters. The van der Waals surface area contributed by atoms with E-state index in [-0.39, 0.29) is 43.9 Å². The van der Waals surface area contributed by atoms with Crippen molar-refractivity contribution in [1.82, 2.24) is 14.5 Å². The van der Waals surface area contributed by atoms with Crippen LogP contribution in [0.3, 0.4) is 0 Å². The average molecular weight is 462 g/mol. The molecule has 0 saturated carbocycles. The Kier molecular flexibility index (Phi) is 8.24. The summed E-state index contributed by atoms with van der Waals surface area (Å²) in [6, 6.07) is 4.21. The van der Waals surface area contributed by atoms with Crippen molar-refractivity contribution in [2.45, 2.75) is 30.7 Å². The number of nitrogens with one attached hydrogen (secondary N) is 1. The van der Waals surface area contributed by atoms with Gasteiger partial charge in [0.15, 0.2) is 0 Å². The van der Waals surface area contributed by atoms with Crippen LogP contribution in [0.5, 0.6) is 0 Å². The zero-order valence-corrected chi connectivity index (χ0v) is 18.0. The number of alkyl halides is 3. The number of rotatable bonds is 8. The van der Waals surface area contributed by atoms with Gasteiger partial charge in [0, 0.05) is 38.8 Å². The van der Waals surface area contributed by atoms with E-state index in [1.807, 2.05) is 0 Å². The SMILES string of the molecule is C=CC(=O)NCCCN(C)S(=O)(=O)C1CCN(C(=O)c2cccc(C(F)(F)F)c2)CC1. The molecule has 1 N–H and O–H groups in total. The lowest BCUT2D eigenvalue weighted by Gasteiger charge is -2.33. The largest absolute Gasteiger partial charge is 0.416 e. The minimum absolute atomic E-state index is 0.0742. The van der Waals surface area contributed by atoms with Gasteiger partial charge >= 0.3 is 6.18 Å². The van der Waals surface area contributed by atoms with Gasteiger partial charge in [-0.25, -0.2) is 12.7 Å². The molecule has 1 aliphatic heterocycles. The minimum Gasteiger partial charge on any atom is -0.353 e. The molecule has 0 aromatic heterocycles. The lowest BCUT2D eigenvalue weighted by molar-refractivity contribution is -0.137. The predicted octanol–water partition coefficient (Wildman–Crippen LogP) is 2.26. The molecule has 31 heavy (non-hydrogen) atoms. The van der Waals surface area contributed by atoms with E-state index in [1.165, 1.54) is 28.4 Å². The molecule has 172 valence electrons. The monoisotopic (exact) mass is 461 g/mol. The first-order valence-electron chi connectivity index (χ1n) is 9.78. The first-order valence-corrected chi connectivity index (χ1v) is 11.3. The van der Waals surface area contributed by atoms with Crippen LogP contribution < -0.4 is 5.32 Å². The second kappa shape index (κ2) is 10.3. The maximum atomic E-state index is 12.9. The van der Waals surface area contributed by atoms with Gasteiger partial charge in [-0.15, -0.1) is 0 Å². The molecule has 1 heterocycles. The summed E-state index contributed by atoms with van der Waals surface area (Å²) in [5.41, 5.74) is -0.975. The second-order valence-corrected chi connectivity index (χ2v) is 9.61. The summed E-state index contributed by atoms with van der Waals surface area (Å²) in [7, 11) is -2.13. The standard InChI is InChI=1S/C20H26F3N3O4S/c1-3-18(27)24-10-5-11-25(2)31(29,30)17-8-12-26(13-9-17)19(28)15-6-4-7-16(14-15)20(21,22)23/h3-4,6-7,14,17H,1,5,8-13H2,2H3,(H,24,27). The van der Waals surface area contributed by atoms with Crippen molar-refractivity contribution in [1.29, 1.82) is 0 Å². The lowest BCUT2D eigenvalue weighted by Crippen LogP contribution is -2.46. The van der Waals surface area contributed by atoms with Gasteiger partial charge in [0.05, 0.1) is 10.8 Å². The average Bonchev–Trinajstić information content (AvgIpc) is 2.75. The molecule has 1 fully saturated rings. The van der Waals surface area contributed by atoms with Gasteiger partial charge in [-0.1, -0.05) is 12.6 Å². The summed E-state index contributed by atoms with van der Waals surface area (Å²) in [5.74, 6) is -0.878. The first kappa shape index (κ1) is 24.9. The molecule has 1 saturated heterocycles. The third-order valence-electron chi connectivity index (χ3n) is 5.16. The Balaban J connectivity index is 1.91. The van der Waals surface area contributed by atoms with E-state index in [1.54, 1.807) is 0 Å². The molecular formula is C20H26F3N3O4S. The molecule has 0 bridgehead atoms. The van der Waals surface area contributed by atoms with Gasteiger partial charge in [-0.05, 0) is 43.5 Å². The predicted molar refractivity (Wildman–Crippen MR) is 110 cm³/mol. The Labute approximate surface area is 179 Å². The van der Waals surface area contributed by atoms with Crippen LogP contribution in [0.1, 0.15) is 35.2 Å². The van der Waals surface area contributed by atoms with Gasteiger partial charge in [0.1, 0.15) is 0 Å². The van der Waals surface area contributed by atoms with E-state index in [0.717, 1.165) is 18.2 Å². The fourth-order valence-electron chi connectivity index (χ4n) is 3.34. The highest BCUT2D eigenvalue weighted by Gasteiger charge is 2.35. The van der Waals surface area contributed by atoms with E-state index in [0.29, 0.717) is 13.0 Å². The number of hydrogen-bond donors (Lipinski definition) is 1. The number of nitrogens with zero attached hydrogens (tertiary/aromatic N) is 2. The van der Waals surface area contributed by atoms with E-state index in [9.17, 15) is 31.2 Å². The summed E-state index contributed by atoms with van der Waals surface area (Å²) in [6.45, 7) is 4.15. The Bertz CT molecular complexity index is 910. The van der Waals surface area contributed by atoms with Crippen molar-refractivity contribution < 1.29 is 31.2 Å². The summed E-state index contributed by atoms with van der Waals surface area (Å²) in [5, 5.41) is 1.90. The van der Waals surface area contributed by atoms with Crippen LogP contribution in [0.4, 0.5) is 13.2 Å². The Morgan fingerprint density at radius 1 is 1.29 bits per heavy atom. The van der Waals surface area contributed by atoms with Crippen LogP contribution in [-0.2, 0) is 21.0 Å². The summed E-state index contributed by atoms with van der Waals surface area (Å²) >= 11 is 0. The van der Waals surface area contributed by atoms with E-state index in [4.69, 9.17) is 0 Å². The van der Waals surface area contributed by atoms with Crippen molar-refractivity contribution in [2.24, 2.45) is 0 Å². The smallest absolute Gasteiger partial charge is 0.353 e. The Morgan fingerprint density at radius 3 is 2.52 bits per heavy atom. The molecule has 7 nitrogen and oxygen atoms in total. The third-order valence-corrected chi connectivity index (χ3v) is 7.52. The number of hydrogen-bond acceptors (Lipinski definition) is 4. The van der Waals surface area contributed by atoms with Crippen LogP contribution >= 0.6 is 0 Å². The lowest BCUT2D eigenvalue weighted by atomic mass is 10.1. The van der Waals surface area contributed by atoms with Crippen LogP contribution in [0.25, 0.3) is 0 Å². The normalized spacial score (nSPS) is 15.7. The van der Waals surface area contributed by atoms with Gasteiger partial charge in [0.2, 0.25) is 15.9 Å². The zero-order valence-electron chi connectivity index (χ0n) is 17.2. The van der Waals surface area contributed by atoms with Gasteiger partial charge in [0.25, 0.3) is 5.91 Å². The summed E-state index contributed by atoms with van der Waals surface area (Å²) in [4.78, 5) is 25.1. The summed E-state index contributed by atoms with van der Waals surface area (Å²) in [6.07, 6.45) is -2.58. The first-order chi connectivity index (χ1) is 14.5. The molecule has 1 aromatic carbocycles. The molecule has 0 aliphatic carbocycles. The van der Waals surface area contributed by atoms with E-state index in [2.05, 4.69) is 11.9 Å². The van der Waals surface area contributed by atoms with Crippen molar-refractivity contribution in [2.75, 3.05) is 33.2 Å². The molecule has 0 spiro atoms. The highest BCUT2D eigenvalue weighted by atomic mass is 32.2. The highest BCUT2D eigenvalue weighted by molar-refractivity contribution is 7.89. The second-order valence-electron chi connectivity index (χ2n) is 7.29. The number of amides is 2. The fourth-order valence-corrected chi connectivity index (χ4v) is 5.03. The Morgan fingerprint density at radius 2 is 1.94 bits per heavy atom. The molecule has 1 aliphatic rings. The number of halogens is 3.